The molecule has 0 aromatic heterocycles. The highest BCUT2D eigenvalue weighted by Gasteiger charge is 2.34. The van der Waals surface area contributed by atoms with E-state index in [0.29, 0.717) is 34.4 Å². The summed E-state index contributed by atoms with van der Waals surface area (Å²) in [6.45, 7) is -0.542. The summed E-state index contributed by atoms with van der Waals surface area (Å²) in [6.07, 6.45) is -1.68. The average molecular weight is 563 g/mol. The number of hydrogen-bond donors (Lipinski definition) is 3. The van der Waals surface area contributed by atoms with Crippen LogP contribution in [0.5, 0.6) is 0 Å². The second-order valence-electron chi connectivity index (χ2n) is 9.63. The Morgan fingerprint density at radius 1 is 0.905 bits per heavy atom. The van der Waals surface area contributed by atoms with E-state index in [-0.39, 0.29) is 0 Å². The van der Waals surface area contributed by atoms with Crippen molar-refractivity contribution >= 4 is 52.1 Å². The number of anilines is 1. The highest BCUT2D eigenvalue weighted by molar-refractivity contribution is 6.21. The van der Waals surface area contributed by atoms with Gasteiger partial charge in [0.05, 0.1) is 23.9 Å². The molecular weight excluding hydrogens is 536 g/mol. The van der Waals surface area contributed by atoms with Gasteiger partial charge in [0.15, 0.2) is 0 Å². The van der Waals surface area contributed by atoms with Gasteiger partial charge in [-0.15, -0.1) is 0 Å². The normalized spacial score (nSPS) is 15.1. The van der Waals surface area contributed by atoms with Crippen molar-refractivity contribution in [2.75, 3.05) is 11.4 Å². The summed E-state index contributed by atoms with van der Waals surface area (Å²) >= 11 is 0. The lowest BCUT2D eigenvalue weighted by Gasteiger charge is -2.25. The highest BCUT2D eigenvalue weighted by Crippen LogP contribution is 2.28. The SMILES string of the molecule is O=C[C@H](CC(=O)O)NC(=O)CN1C(=O)C(NC(=O)c2ccc3ccccc3c2)N=C(c2ccccc2)c2ccccc21. The Labute approximate surface area is 240 Å². The van der Waals surface area contributed by atoms with Crippen LogP contribution in [0.1, 0.15) is 27.9 Å². The summed E-state index contributed by atoms with van der Waals surface area (Å²) in [5, 5.41) is 15.9. The molecule has 0 saturated heterocycles. The largest absolute Gasteiger partial charge is 0.481 e. The minimum absolute atomic E-state index is 0.325. The number of carboxylic acids is 1. The Kier molecular flexibility index (Phi) is 8.14. The van der Waals surface area contributed by atoms with Crippen LogP contribution < -0.4 is 15.5 Å². The molecule has 0 bridgehead atoms. The van der Waals surface area contributed by atoms with Crippen LogP contribution in [0.15, 0.2) is 102 Å². The monoisotopic (exact) mass is 562 g/mol. The van der Waals surface area contributed by atoms with E-state index < -0.39 is 48.9 Å². The molecule has 4 aromatic carbocycles. The molecule has 1 heterocycles. The molecule has 0 saturated carbocycles. The Balaban J connectivity index is 1.52. The average Bonchev–Trinajstić information content (AvgIpc) is 3.11. The van der Waals surface area contributed by atoms with Gasteiger partial charge in [-0.1, -0.05) is 78.9 Å². The van der Waals surface area contributed by atoms with Gasteiger partial charge < -0.3 is 20.5 Å². The topological polar surface area (TPSA) is 145 Å². The number of aliphatic carboxylic acids is 1. The Morgan fingerprint density at radius 3 is 2.33 bits per heavy atom. The standard InChI is InChI=1S/C32H26N4O6/c37-19-24(17-28(39)40)33-27(38)18-36-26-13-7-6-12-25(26)29(21-9-2-1-3-10-21)34-30(32(36)42)35-31(41)23-15-14-20-8-4-5-11-22(20)16-23/h1-16,19,24,30H,17-18H2,(H,33,38)(H,35,41)(H,39,40)/t24-,30?/m0/s1. The molecule has 42 heavy (non-hydrogen) atoms. The number of aliphatic imine (C=N–C) groups is 1. The maximum absolute atomic E-state index is 14.0. The maximum Gasteiger partial charge on any atom is 0.305 e. The number of hydrogen-bond acceptors (Lipinski definition) is 6. The molecule has 10 nitrogen and oxygen atoms in total. The highest BCUT2D eigenvalue weighted by atomic mass is 16.4. The fourth-order valence-corrected chi connectivity index (χ4v) is 4.77. The minimum Gasteiger partial charge on any atom is -0.481 e. The molecule has 3 amide bonds. The van der Waals surface area contributed by atoms with Crippen LogP contribution in [-0.2, 0) is 19.2 Å². The number of para-hydroxylation sites is 1. The molecule has 210 valence electrons. The zero-order valence-electron chi connectivity index (χ0n) is 22.3. The van der Waals surface area contributed by atoms with E-state index in [2.05, 4.69) is 10.6 Å². The van der Waals surface area contributed by atoms with Crippen molar-refractivity contribution in [2.45, 2.75) is 18.6 Å². The lowest BCUT2D eigenvalue weighted by Crippen LogP contribution is -2.51. The lowest BCUT2D eigenvalue weighted by molar-refractivity contribution is -0.138. The van der Waals surface area contributed by atoms with E-state index in [1.165, 1.54) is 4.90 Å². The van der Waals surface area contributed by atoms with Gasteiger partial charge in [-0.3, -0.25) is 24.1 Å². The molecule has 4 aromatic rings. The lowest BCUT2D eigenvalue weighted by atomic mass is 10.0. The maximum atomic E-state index is 14.0. The van der Waals surface area contributed by atoms with Gasteiger partial charge in [0.1, 0.15) is 12.8 Å². The third-order valence-corrected chi connectivity index (χ3v) is 6.74. The molecule has 0 aliphatic carbocycles. The first-order valence-electron chi connectivity index (χ1n) is 13.1. The summed E-state index contributed by atoms with van der Waals surface area (Å²) in [7, 11) is 0. The summed E-state index contributed by atoms with van der Waals surface area (Å²) < 4.78 is 0. The Morgan fingerprint density at radius 2 is 1.60 bits per heavy atom. The number of carbonyl (C=O) groups excluding carboxylic acids is 4. The van der Waals surface area contributed by atoms with Crippen LogP contribution in [0.25, 0.3) is 10.8 Å². The van der Waals surface area contributed by atoms with Crippen LogP contribution in [0, 0.1) is 0 Å². The van der Waals surface area contributed by atoms with Crippen LogP contribution >= 0.6 is 0 Å². The van der Waals surface area contributed by atoms with E-state index >= 15 is 0 Å². The summed E-state index contributed by atoms with van der Waals surface area (Å²) in [5.74, 6) is -3.23. The summed E-state index contributed by atoms with van der Waals surface area (Å²) in [6, 6.07) is 27.5. The Hall–Kier alpha value is -5.64. The first-order chi connectivity index (χ1) is 20.3. The van der Waals surface area contributed by atoms with E-state index in [1.54, 1.807) is 36.4 Å². The first-order valence-corrected chi connectivity index (χ1v) is 13.1. The van der Waals surface area contributed by atoms with Crippen LogP contribution in [0.3, 0.4) is 0 Å². The number of nitrogens with zero attached hydrogens (tertiary/aromatic N) is 2. The van der Waals surface area contributed by atoms with Crippen molar-refractivity contribution in [2.24, 2.45) is 4.99 Å². The quantitative estimate of drug-likeness (QED) is 0.268. The van der Waals surface area contributed by atoms with Crippen molar-refractivity contribution in [3.05, 3.63) is 114 Å². The first kappa shape index (κ1) is 27.9. The molecular formula is C32H26N4O6. The van der Waals surface area contributed by atoms with Gasteiger partial charge in [0.2, 0.25) is 12.1 Å². The zero-order valence-corrected chi connectivity index (χ0v) is 22.3. The van der Waals surface area contributed by atoms with Crippen molar-refractivity contribution in [3.8, 4) is 0 Å². The molecule has 2 atom stereocenters. The number of carboxylic acid groups (broad SMARTS) is 1. The second-order valence-corrected chi connectivity index (χ2v) is 9.63. The van der Waals surface area contributed by atoms with Gasteiger partial charge in [0, 0.05) is 16.7 Å². The van der Waals surface area contributed by atoms with Gasteiger partial charge in [0.25, 0.3) is 11.8 Å². The molecule has 0 fully saturated rings. The van der Waals surface area contributed by atoms with Crippen LogP contribution in [-0.4, -0.2) is 59.5 Å². The van der Waals surface area contributed by atoms with Gasteiger partial charge in [-0.05, 0) is 29.0 Å². The van der Waals surface area contributed by atoms with Crippen LogP contribution in [0.4, 0.5) is 5.69 Å². The predicted octanol–water partition coefficient (Wildman–Crippen LogP) is 2.94. The summed E-state index contributed by atoms with van der Waals surface area (Å²) in [5.41, 5.74) is 2.36. The number of fused-ring (bicyclic) bond motifs is 2. The molecule has 3 N–H and O–H groups in total. The molecule has 5 rings (SSSR count). The summed E-state index contributed by atoms with van der Waals surface area (Å²) in [4.78, 5) is 68.7. The van der Waals surface area contributed by atoms with Crippen molar-refractivity contribution in [1.29, 1.82) is 0 Å². The molecule has 1 aliphatic rings. The number of nitrogens with one attached hydrogen (secondary N) is 2. The van der Waals surface area contributed by atoms with E-state index in [9.17, 15) is 24.0 Å². The predicted molar refractivity (Wildman–Crippen MR) is 156 cm³/mol. The Bertz CT molecular complexity index is 1720. The third-order valence-electron chi connectivity index (χ3n) is 6.74. The number of rotatable bonds is 9. The molecule has 0 spiro atoms. The second kappa shape index (κ2) is 12.3. The molecule has 1 unspecified atom stereocenters. The number of aldehydes is 1. The number of amides is 3. The number of carbonyl (C=O) groups is 5. The van der Waals surface area contributed by atoms with Crippen LogP contribution in [0.2, 0.25) is 0 Å². The molecule has 1 aliphatic heterocycles. The third kappa shape index (κ3) is 6.07. The van der Waals surface area contributed by atoms with Crippen molar-refractivity contribution in [1.82, 2.24) is 10.6 Å². The van der Waals surface area contributed by atoms with Crippen molar-refractivity contribution < 1.29 is 29.1 Å². The fraction of sp³-hybridized carbons (Fsp3) is 0.125. The van der Waals surface area contributed by atoms with E-state index in [4.69, 9.17) is 10.1 Å². The van der Waals surface area contributed by atoms with Gasteiger partial charge in [-0.25, -0.2) is 4.99 Å². The van der Waals surface area contributed by atoms with E-state index in [0.717, 1.165) is 10.8 Å². The number of benzodiazepines with no additional fused rings is 1. The zero-order chi connectivity index (χ0) is 29.6. The van der Waals surface area contributed by atoms with Crippen molar-refractivity contribution in [3.63, 3.8) is 0 Å². The molecule has 0 radical (unpaired) electrons. The molecule has 10 heteroatoms. The smallest absolute Gasteiger partial charge is 0.305 e. The minimum atomic E-state index is -1.40. The number of benzene rings is 4. The fourth-order valence-electron chi connectivity index (χ4n) is 4.77. The van der Waals surface area contributed by atoms with Gasteiger partial charge >= 0.3 is 5.97 Å². The van der Waals surface area contributed by atoms with Gasteiger partial charge in [-0.2, -0.15) is 0 Å². The van der Waals surface area contributed by atoms with E-state index in [1.807, 2.05) is 60.7 Å².